The van der Waals surface area contributed by atoms with Crippen molar-refractivity contribution in [1.29, 1.82) is 0 Å². The summed E-state index contributed by atoms with van der Waals surface area (Å²) in [6, 6.07) is 10.4. The topological polar surface area (TPSA) is 92.7 Å². The minimum Gasteiger partial charge on any atom is -0.497 e. The van der Waals surface area contributed by atoms with Crippen LogP contribution in [0.1, 0.15) is 22.8 Å². The lowest BCUT2D eigenvalue weighted by molar-refractivity contribution is 0.0695. The van der Waals surface area contributed by atoms with Crippen LogP contribution < -0.4 is 9.46 Å². The van der Waals surface area contributed by atoms with Crippen LogP contribution in [0.4, 0.5) is 5.69 Å². The van der Waals surface area contributed by atoms with Gasteiger partial charge in [-0.2, -0.15) is 0 Å². The van der Waals surface area contributed by atoms with Gasteiger partial charge in [0.15, 0.2) is 0 Å². The van der Waals surface area contributed by atoms with E-state index in [-0.39, 0.29) is 16.1 Å². The Morgan fingerprint density at radius 2 is 1.83 bits per heavy atom. The van der Waals surface area contributed by atoms with Gasteiger partial charge in [-0.05, 0) is 48.4 Å². The van der Waals surface area contributed by atoms with Gasteiger partial charge in [0.05, 0.1) is 23.3 Å². The van der Waals surface area contributed by atoms with Gasteiger partial charge in [-0.1, -0.05) is 13.0 Å². The first-order chi connectivity index (χ1) is 10.9. The lowest BCUT2D eigenvalue weighted by Gasteiger charge is -2.14. The number of carbonyl (C=O) groups is 1. The van der Waals surface area contributed by atoms with Gasteiger partial charge in [0, 0.05) is 0 Å². The minimum atomic E-state index is -3.81. The van der Waals surface area contributed by atoms with Crippen LogP contribution in [-0.4, -0.2) is 26.6 Å². The Hall–Kier alpha value is -2.54. The first-order valence-corrected chi connectivity index (χ1v) is 8.39. The third-order valence-electron chi connectivity index (χ3n) is 3.37. The summed E-state index contributed by atoms with van der Waals surface area (Å²) in [6.07, 6.45) is 0.392. The van der Waals surface area contributed by atoms with E-state index in [1.807, 2.05) is 0 Å². The highest BCUT2D eigenvalue weighted by Crippen LogP contribution is 2.25. The SMILES string of the molecule is CCc1c(NS(=O)(=O)c2ccc(OC)cc2)cccc1C(=O)O. The number of sulfonamides is 1. The van der Waals surface area contributed by atoms with Crippen molar-refractivity contribution in [3.8, 4) is 5.75 Å². The van der Waals surface area contributed by atoms with Gasteiger partial charge < -0.3 is 9.84 Å². The first kappa shape index (κ1) is 16.8. The standard InChI is InChI=1S/C16H17NO5S/c1-3-13-14(16(18)19)5-4-6-15(13)17-23(20,21)12-9-7-11(22-2)8-10-12/h4-10,17H,3H2,1-2H3,(H,18,19). The van der Waals surface area contributed by atoms with Crippen LogP contribution in [-0.2, 0) is 16.4 Å². The molecule has 0 radical (unpaired) electrons. The Morgan fingerprint density at radius 3 is 2.35 bits per heavy atom. The predicted octanol–water partition coefficient (Wildman–Crippen LogP) is 2.76. The van der Waals surface area contributed by atoms with Crippen LogP contribution >= 0.6 is 0 Å². The van der Waals surface area contributed by atoms with Gasteiger partial charge in [-0.3, -0.25) is 4.72 Å². The molecule has 0 aliphatic heterocycles. The predicted molar refractivity (Wildman–Crippen MR) is 86.6 cm³/mol. The van der Waals surface area contributed by atoms with Crippen molar-refractivity contribution in [1.82, 2.24) is 0 Å². The monoisotopic (exact) mass is 335 g/mol. The highest BCUT2D eigenvalue weighted by molar-refractivity contribution is 7.92. The molecule has 0 aliphatic carbocycles. The molecule has 0 unspecified atom stereocenters. The fraction of sp³-hybridized carbons (Fsp3) is 0.188. The van der Waals surface area contributed by atoms with E-state index in [0.29, 0.717) is 17.7 Å². The molecule has 0 saturated carbocycles. The third-order valence-corrected chi connectivity index (χ3v) is 4.76. The minimum absolute atomic E-state index is 0.0704. The number of anilines is 1. The smallest absolute Gasteiger partial charge is 0.336 e. The van der Waals surface area contributed by atoms with Crippen LogP contribution in [0.5, 0.6) is 5.75 Å². The Labute approximate surface area is 134 Å². The molecule has 2 rings (SSSR count). The van der Waals surface area contributed by atoms with Crippen molar-refractivity contribution >= 4 is 21.7 Å². The first-order valence-electron chi connectivity index (χ1n) is 6.91. The second-order valence-corrected chi connectivity index (χ2v) is 6.45. The maximum Gasteiger partial charge on any atom is 0.336 e. The number of benzene rings is 2. The zero-order valence-corrected chi connectivity index (χ0v) is 13.6. The number of carboxylic acid groups (broad SMARTS) is 1. The second kappa shape index (κ2) is 6.70. The molecule has 0 aromatic heterocycles. The number of nitrogens with one attached hydrogen (secondary N) is 1. The number of aromatic carboxylic acids is 1. The molecule has 0 heterocycles. The van der Waals surface area contributed by atoms with E-state index >= 15 is 0 Å². The molecule has 0 saturated heterocycles. The number of carboxylic acids is 1. The molecule has 0 bridgehead atoms. The molecule has 2 N–H and O–H groups in total. The normalized spacial score (nSPS) is 11.0. The Bertz CT molecular complexity index is 813. The quantitative estimate of drug-likeness (QED) is 0.847. The molecular weight excluding hydrogens is 318 g/mol. The van der Waals surface area contributed by atoms with Crippen molar-refractivity contribution in [3.63, 3.8) is 0 Å². The molecule has 6 nitrogen and oxygen atoms in total. The average Bonchev–Trinajstić information content (AvgIpc) is 2.54. The highest BCUT2D eigenvalue weighted by atomic mass is 32.2. The fourth-order valence-corrected chi connectivity index (χ4v) is 3.32. The maximum atomic E-state index is 12.5. The molecule has 0 amide bonds. The van der Waals surface area contributed by atoms with E-state index < -0.39 is 16.0 Å². The molecule has 7 heteroatoms. The third kappa shape index (κ3) is 3.62. The van der Waals surface area contributed by atoms with E-state index in [2.05, 4.69) is 4.72 Å². The largest absolute Gasteiger partial charge is 0.497 e. The maximum absolute atomic E-state index is 12.5. The molecule has 0 aliphatic rings. The molecule has 2 aromatic rings. The molecule has 0 spiro atoms. The second-order valence-electron chi connectivity index (χ2n) is 4.77. The Kier molecular flexibility index (Phi) is 4.90. The zero-order chi connectivity index (χ0) is 17.0. The van der Waals surface area contributed by atoms with E-state index in [1.165, 1.54) is 31.4 Å². The number of rotatable bonds is 6. The summed E-state index contributed by atoms with van der Waals surface area (Å²) in [5, 5.41) is 9.20. The van der Waals surface area contributed by atoms with Crippen molar-refractivity contribution in [2.24, 2.45) is 0 Å². The summed E-state index contributed by atoms with van der Waals surface area (Å²) >= 11 is 0. The summed E-state index contributed by atoms with van der Waals surface area (Å²) in [5.41, 5.74) is 0.794. The summed E-state index contributed by atoms with van der Waals surface area (Å²) < 4.78 is 32.4. The number of hydrogen-bond acceptors (Lipinski definition) is 4. The van der Waals surface area contributed by atoms with Crippen molar-refractivity contribution < 1.29 is 23.1 Å². The van der Waals surface area contributed by atoms with E-state index in [1.54, 1.807) is 25.1 Å². The average molecular weight is 335 g/mol. The Balaban J connectivity index is 2.40. The molecule has 2 aromatic carbocycles. The summed E-state index contributed by atoms with van der Waals surface area (Å²) in [4.78, 5) is 11.3. The van der Waals surface area contributed by atoms with Gasteiger partial charge in [-0.15, -0.1) is 0 Å². The molecular formula is C16H17NO5S. The van der Waals surface area contributed by atoms with Crippen molar-refractivity contribution in [2.75, 3.05) is 11.8 Å². The zero-order valence-electron chi connectivity index (χ0n) is 12.7. The number of ether oxygens (including phenoxy) is 1. The highest BCUT2D eigenvalue weighted by Gasteiger charge is 2.18. The summed E-state index contributed by atoms with van der Waals surface area (Å²) in [5.74, 6) is -0.543. The van der Waals surface area contributed by atoms with Crippen LogP contribution in [0.2, 0.25) is 0 Å². The molecule has 122 valence electrons. The number of hydrogen-bond donors (Lipinski definition) is 2. The summed E-state index contributed by atoms with van der Waals surface area (Å²) in [6.45, 7) is 1.77. The van der Waals surface area contributed by atoms with Gasteiger partial charge in [0.25, 0.3) is 10.0 Å². The fourth-order valence-electron chi connectivity index (χ4n) is 2.22. The molecule has 0 fully saturated rings. The van der Waals surface area contributed by atoms with Gasteiger partial charge >= 0.3 is 5.97 Å². The Morgan fingerprint density at radius 1 is 1.17 bits per heavy atom. The number of methoxy groups -OCH3 is 1. The lowest BCUT2D eigenvalue weighted by Crippen LogP contribution is -2.15. The van der Waals surface area contributed by atoms with E-state index in [4.69, 9.17) is 4.74 Å². The summed E-state index contributed by atoms with van der Waals surface area (Å²) in [7, 11) is -2.32. The lowest BCUT2D eigenvalue weighted by atomic mass is 10.0. The van der Waals surface area contributed by atoms with Crippen LogP contribution in [0.15, 0.2) is 47.4 Å². The van der Waals surface area contributed by atoms with E-state index in [9.17, 15) is 18.3 Å². The van der Waals surface area contributed by atoms with Gasteiger partial charge in [-0.25, -0.2) is 13.2 Å². The van der Waals surface area contributed by atoms with Gasteiger partial charge in [0.2, 0.25) is 0 Å². The van der Waals surface area contributed by atoms with Gasteiger partial charge in [0.1, 0.15) is 5.75 Å². The van der Waals surface area contributed by atoms with Crippen LogP contribution in [0.3, 0.4) is 0 Å². The van der Waals surface area contributed by atoms with E-state index in [0.717, 1.165) is 0 Å². The van der Waals surface area contributed by atoms with Crippen LogP contribution in [0, 0.1) is 0 Å². The molecule has 23 heavy (non-hydrogen) atoms. The molecule has 0 atom stereocenters. The van der Waals surface area contributed by atoms with Crippen molar-refractivity contribution in [3.05, 3.63) is 53.6 Å². The van der Waals surface area contributed by atoms with Crippen molar-refractivity contribution in [2.45, 2.75) is 18.2 Å². The van der Waals surface area contributed by atoms with Crippen LogP contribution in [0.25, 0.3) is 0 Å².